The van der Waals surface area contributed by atoms with Crippen molar-refractivity contribution >= 4 is 29.4 Å². The van der Waals surface area contributed by atoms with Crippen LogP contribution in [-0.4, -0.2) is 78.1 Å². The summed E-state index contributed by atoms with van der Waals surface area (Å²) in [5, 5.41) is 20.3. The second kappa shape index (κ2) is 11.9. The van der Waals surface area contributed by atoms with Crippen molar-refractivity contribution in [2.45, 2.75) is 31.8 Å². The largest absolute Gasteiger partial charge is 0.481 e. The van der Waals surface area contributed by atoms with Crippen LogP contribution >= 0.6 is 0 Å². The van der Waals surface area contributed by atoms with Crippen LogP contribution in [0.25, 0.3) is 0 Å². The summed E-state index contributed by atoms with van der Waals surface area (Å²) in [4.78, 5) is 41.2. The van der Waals surface area contributed by atoms with Crippen molar-refractivity contribution in [3.05, 3.63) is 10.4 Å². The minimum absolute atomic E-state index is 0.00171. The Kier molecular flexibility index (Phi) is 9.31. The third kappa shape index (κ3) is 7.85. The van der Waals surface area contributed by atoms with Crippen LogP contribution in [0, 0.1) is 0 Å². The third-order valence-electron chi connectivity index (χ3n) is 4.09. The number of hydrogen-bond donors (Lipinski definition) is 5. The van der Waals surface area contributed by atoms with E-state index >= 15 is 0 Å². The van der Waals surface area contributed by atoms with Crippen LogP contribution in [0.5, 0.6) is 0 Å². The summed E-state index contributed by atoms with van der Waals surface area (Å²) in [6.07, 6.45) is 0.262. The molecule has 1 aromatic rings. The fourth-order valence-corrected chi connectivity index (χ4v) is 2.67. The molecule has 0 spiro atoms. The Morgan fingerprint density at radius 3 is 2.50 bits per heavy atom. The molecule has 1 aliphatic rings. The van der Waals surface area contributed by atoms with Crippen molar-refractivity contribution in [3.63, 3.8) is 0 Å². The highest BCUT2D eigenvalue weighted by molar-refractivity contribution is 5.70. The summed E-state index contributed by atoms with van der Waals surface area (Å²) in [5.41, 5.74) is 5.53. The molecule has 6 N–H and O–H groups in total. The molecule has 0 aromatic carbocycles. The SMILES string of the molecule is Nc1nc2c(c(=O)[nH]1)NCN2COCC(COCCCC(=O)O)OCCCC(=O)O. The van der Waals surface area contributed by atoms with Gasteiger partial charge in [0.15, 0.2) is 5.82 Å². The van der Waals surface area contributed by atoms with Crippen molar-refractivity contribution in [1.29, 1.82) is 0 Å². The number of carboxylic acid groups (broad SMARTS) is 2. The Hall–Kier alpha value is -2.90. The molecular formula is C17H27N5O8. The Bertz CT molecular complexity index is 771. The summed E-state index contributed by atoms with van der Waals surface area (Å²) < 4.78 is 16.8. The first-order chi connectivity index (χ1) is 14.4. The maximum atomic E-state index is 11.8. The molecule has 2 rings (SSSR count). The van der Waals surface area contributed by atoms with Gasteiger partial charge in [-0.05, 0) is 12.8 Å². The summed E-state index contributed by atoms with van der Waals surface area (Å²) >= 11 is 0. The van der Waals surface area contributed by atoms with Gasteiger partial charge in [-0.2, -0.15) is 4.98 Å². The van der Waals surface area contributed by atoms with Crippen molar-refractivity contribution in [1.82, 2.24) is 9.97 Å². The van der Waals surface area contributed by atoms with Crippen LogP contribution in [0.4, 0.5) is 17.5 Å². The maximum absolute atomic E-state index is 11.8. The molecule has 0 radical (unpaired) electrons. The number of nitrogens with zero attached hydrogens (tertiary/aromatic N) is 2. The van der Waals surface area contributed by atoms with Crippen molar-refractivity contribution < 1.29 is 34.0 Å². The van der Waals surface area contributed by atoms with Crippen LogP contribution in [0.3, 0.4) is 0 Å². The molecule has 0 saturated carbocycles. The van der Waals surface area contributed by atoms with Crippen LogP contribution in [0.15, 0.2) is 4.79 Å². The fourth-order valence-electron chi connectivity index (χ4n) is 2.67. The van der Waals surface area contributed by atoms with Gasteiger partial charge in [0.25, 0.3) is 5.56 Å². The lowest BCUT2D eigenvalue weighted by Gasteiger charge is -2.21. The average molecular weight is 429 g/mol. The number of nitrogens with one attached hydrogen (secondary N) is 2. The van der Waals surface area contributed by atoms with E-state index in [0.717, 1.165) is 0 Å². The number of aliphatic carboxylic acids is 2. The second-order valence-electron chi connectivity index (χ2n) is 6.59. The van der Waals surface area contributed by atoms with Crippen molar-refractivity contribution in [2.75, 3.05) is 55.8 Å². The number of fused-ring (bicyclic) bond motifs is 1. The molecule has 30 heavy (non-hydrogen) atoms. The molecule has 0 bridgehead atoms. The van der Waals surface area contributed by atoms with E-state index in [-0.39, 0.29) is 57.5 Å². The summed E-state index contributed by atoms with van der Waals surface area (Å²) in [7, 11) is 0. The number of nitrogen functional groups attached to an aromatic ring is 1. The molecule has 2 heterocycles. The van der Waals surface area contributed by atoms with Gasteiger partial charge in [0.2, 0.25) is 5.95 Å². The van der Waals surface area contributed by atoms with Crippen LogP contribution in [-0.2, 0) is 23.8 Å². The van der Waals surface area contributed by atoms with E-state index in [2.05, 4.69) is 15.3 Å². The topological polar surface area (TPSA) is 189 Å². The molecule has 1 atom stereocenters. The van der Waals surface area contributed by atoms with Crippen LogP contribution in [0.1, 0.15) is 25.7 Å². The van der Waals surface area contributed by atoms with Crippen molar-refractivity contribution in [2.24, 2.45) is 0 Å². The molecule has 0 fully saturated rings. The van der Waals surface area contributed by atoms with Gasteiger partial charge in [0.05, 0.1) is 19.9 Å². The van der Waals surface area contributed by atoms with Gasteiger partial charge in [-0.1, -0.05) is 0 Å². The number of H-pyrrole nitrogens is 1. The second-order valence-corrected chi connectivity index (χ2v) is 6.59. The smallest absolute Gasteiger partial charge is 0.303 e. The van der Waals surface area contributed by atoms with Crippen LogP contribution < -0.4 is 21.5 Å². The Morgan fingerprint density at radius 2 is 1.80 bits per heavy atom. The molecule has 13 heteroatoms. The number of rotatable bonds is 15. The number of nitrogens with two attached hydrogens (primary N) is 1. The number of carbonyl (C=O) groups is 2. The molecule has 0 saturated heterocycles. The van der Waals surface area contributed by atoms with Gasteiger partial charge in [0.1, 0.15) is 18.5 Å². The predicted octanol–water partition coefficient (Wildman–Crippen LogP) is -0.353. The van der Waals surface area contributed by atoms with Gasteiger partial charge in [-0.15, -0.1) is 0 Å². The highest BCUT2D eigenvalue weighted by Gasteiger charge is 2.24. The quantitative estimate of drug-likeness (QED) is 0.228. The Labute approximate surface area is 172 Å². The summed E-state index contributed by atoms with van der Waals surface area (Å²) in [6.45, 7) is 1.24. The molecule has 168 valence electrons. The summed E-state index contributed by atoms with van der Waals surface area (Å²) in [5.74, 6) is -1.41. The first kappa shape index (κ1) is 23.4. The maximum Gasteiger partial charge on any atom is 0.303 e. The van der Waals surface area contributed by atoms with E-state index < -0.39 is 18.0 Å². The van der Waals surface area contributed by atoms with Gasteiger partial charge in [-0.3, -0.25) is 19.4 Å². The standard InChI is InChI=1S/C17H27N5O8/c18-17-20-15-14(16(27)21-17)19-9-22(15)10-29-8-11(30-6-2-4-13(25)26)7-28-5-1-3-12(23)24/h11,19H,1-10H2,(H,23,24)(H,25,26)(H3,18,20,21,27). The highest BCUT2D eigenvalue weighted by Crippen LogP contribution is 2.25. The lowest BCUT2D eigenvalue weighted by Crippen LogP contribution is -2.32. The van der Waals surface area contributed by atoms with Gasteiger partial charge < -0.3 is 40.4 Å². The minimum atomic E-state index is -0.904. The Morgan fingerprint density at radius 1 is 1.13 bits per heavy atom. The average Bonchev–Trinajstić information content (AvgIpc) is 3.07. The monoisotopic (exact) mass is 429 g/mol. The number of aromatic nitrogens is 2. The molecule has 13 nitrogen and oxygen atoms in total. The van der Waals surface area contributed by atoms with E-state index in [1.54, 1.807) is 4.90 Å². The molecule has 1 aliphatic heterocycles. The number of carboxylic acids is 2. The zero-order valence-electron chi connectivity index (χ0n) is 16.5. The predicted molar refractivity (Wildman–Crippen MR) is 105 cm³/mol. The lowest BCUT2D eigenvalue weighted by atomic mass is 10.3. The number of hydrogen-bond acceptors (Lipinski definition) is 10. The fraction of sp³-hybridized carbons (Fsp3) is 0.647. The van der Waals surface area contributed by atoms with E-state index in [9.17, 15) is 14.4 Å². The molecule has 0 amide bonds. The molecule has 1 unspecified atom stereocenters. The van der Waals surface area contributed by atoms with Gasteiger partial charge in [-0.25, -0.2) is 0 Å². The zero-order chi connectivity index (χ0) is 21.9. The lowest BCUT2D eigenvalue weighted by molar-refractivity contribution is -0.139. The third-order valence-corrected chi connectivity index (χ3v) is 4.09. The molecule has 1 aromatic heterocycles. The Balaban J connectivity index is 1.79. The van der Waals surface area contributed by atoms with E-state index in [4.69, 9.17) is 30.2 Å². The van der Waals surface area contributed by atoms with E-state index in [1.807, 2.05) is 0 Å². The number of ether oxygens (including phenoxy) is 3. The first-order valence-electron chi connectivity index (χ1n) is 9.46. The highest BCUT2D eigenvalue weighted by atomic mass is 16.6. The van der Waals surface area contributed by atoms with Crippen LogP contribution in [0.2, 0.25) is 0 Å². The normalized spacial score (nSPS) is 13.7. The van der Waals surface area contributed by atoms with Crippen molar-refractivity contribution in [3.8, 4) is 0 Å². The number of aromatic amines is 1. The molecular weight excluding hydrogens is 402 g/mol. The molecule has 0 aliphatic carbocycles. The van der Waals surface area contributed by atoms with E-state index in [0.29, 0.717) is 31.0 Å². The summed E-state index contributed by atoms with van der Waals surface area (Å²) in [6, 6.07) is 0. The van der Waals surface area contributed by atoms with Gasteiger partial charge in [0, 0.05) is 26.1 Å². The zero-order valence-corrected chi connectivity index (χ0v) is 16.5. The number of anilines is 3. The van der Waals surface area contributed by atoms with E-state index in [1.165, 1.54) is 0 Å². The first-order valence-corrected chi connectivity index (χ1v) is 9.46. The van der Waals surface area contributed by atoms with Gasteiger partial charge >= 0.3 is 11.9 Å². The minimum Gasteiger partial charge on any atom is -0.481 e.